The monoisotopic (exact) mass is 703 g/mol. The molecule has 0 aliphatic carbocycles. The van der Waals surface area contributed by atoms with Crippen LogP contribution in [0, 0.1) is 0 Å². The normalized spacial score (nSPS) is 29.4. The summed E-state index contributed by atoms with van der Waals surface area (Å²) in [5, 5.41) is 31.4. The van der Waals surface area contributed by atoms with E-state index < -0.39 is 89.8 Å². The SMILES string of the molecule is NC(=O)c1ncnc2c1ncn2[C@@H]1O[C@H](COP(=O)(O)O[C@@H]2[C@H](O)[C@@H](CO)O[C@H]2n2cnc3c(=O)[nH]c(N)nc32)[C@@H](O[P+](=O)O)[C@H]1O. The minimum Gasteiger partial charge on any atom is -0.394 e. The first-order valence-corrected chi connectivity index (χ1v) is 15.9. The summed E-state index contributed by atoms with van der Waals surface area (Å²) in [5.41, 5.74) is 9.62. The number of hydrogen-bond donors (Lipinski definition) is 8. The third-order valence-corrected chi connectivity index (χ3v) is 8.67. The predicted octanol–water partition coefficient (Wildman–Crippen LogP) is -3.31. The maximum Gasteiger partial charge on any atom is 0.695 e. The number of carbonyl (C=O) groups is 1. The maximum atomic E-state index is 13.2. The van der Waals surface area contributed by atoms with E-state index in [1.165, 1.54) is 0 Å². The van der Waals surface area contributed by atoms with Crippen molar-refractivity contribution in [1.82, 2.24) is 39.0 Å². The Morgan fingerprint density at radius 3 is 2.40 bits per heavy atom. The number of nitrogen functional groups attached to an aromatic ring is 1. The van der Waals surface area contributed by atoms with Crippen LogP contribution in [-0.4, -0.2) is 120 Å². The first-order chi connectivity index (χ1) is 22.3. The van der Waals surface area contributed by atoms with Gasteiger partial charge in [-0.1, -0.05) is 0 Å². The molecule has 10 N–H and O–H groups in total. The lowest BCUT2D eigenvalue weighted by Crippen LogP contribution is -2.36. The van der Waals surface area contributed by atoms with Crippen molar-refractivity contribution in [2.45, 2.75) is 49.1 Å². The highest BCUT2D eigenvalue weighted by Crippen LogP contribution is 2.50. The molecule has 6 rings (SSSR count). The topological polar surface area (TPSA) is 358 Å². The van der Waals surface area contributed by atoms with Crippen LogP contribution in [0.2, 0.25) is 0 Å². The number of nitrogens with zero attached hydrogens (tertiary/aromatic N) is 7. The standard InChI is InChI=1S/C21H24N10O14P2/c22-15(35)8-9-16(25-3-24-8)30(4-26-9)19-12(34)13(44-46(37)38)7(43-19)2-41-47(39,40)45-14-11(33)6(1-32)42-20(14)31-5-27-10-17(31)28-21(23)29-18(10)36/h3-7,11-14,19-20,32-34H,1-2H2,(H6-,22,23,28,29,35,36,37,38,39,40)/p+1/t6-,7-,11-,12-,13-,14-,19-,20-/m1/s1. The zero-order chi connectivity index (χ0) is 33.8. The number of H-pyrrole nitrogens is 1. The number of primary amides is 1. The molecular weight excluding hydrogens is 678 g/mol. The van der Waals surface area contributed by atoms with Gasteiger partial charge in [-0.05, 0) is 0 Å². The highest BCUT2D eigenvalue weighted by atomic mass is 31.2. The number of ether oxygens (including phenoxy) is 2. The van der Waals surface area contributed by atoms with Gasteiger partial charge >= 0.3 is 16.1 Å². The summed E-state index contributed by atoms with van der Waals surface area (Å²) < 4.78 is 53.6. The maximum absolute atomic E-state index is 13.2. The van der Waals surface area contributed by atoms with Gasteiger partial charge in [0, 0.05) is 4.57 Å². The fourth-order valence-electron chi connectivity index (χ4n) is 5.22. The summed E-state index contributed by atoms with van der Waals surface area (Å²) in [6.07, 6.45) is -9.40. The number of aliphatic hydroxyl groups excluding tert-OH is 3. The zero-order valence-electron chi connectivity index (χ0n) is 23.4. The number of nitrogens with two attached hydrogens (primary N) is 2. The van der Waals surface area contributed by atoms with Gasteiger partial charge in [0.15, 0.2) is 41.1 Å². The van der Waals surface area contributed by atoms with Gasteiger partial charge in [-0.3, -0.25) is 32.8 Å². The lowest BCUT2D eigenvalue weighted by atomic mass is 10.1. The van der Waals surface area contributed by atoms with Crippen LogP contribution >= 0.6 is 16.1 Å². The molecule has 252 valence electrons. The second-order valence-corrected chi connectivity index (χ2v) is 12.2. The molecule has 0 bridgehead atoms. The van der Waals surface area contributed by atoms with Crippen molar-refractivity contribution in [1.29, 1.82) is 0 Å². The molecule has 4 aromatic rings. The van der Waals surface area contributed by atoms with E-state index in [4.69, 9.17) is 34.5 Å². The number of phosphoric ester groups is 1. The molecule has 2 aliphatic heterocycles. The van der Waals surface area contributed by atoms with E-state index in [1.54, 1.807) is 0 Å². The van der Waals surface area contributed by atoms with E-state index in [-0.39, 0.29) is 34.0 Å². The number of aliphatic hydroxyl groups is 3. The number of aromatic amines is 1. The third kappa shape index (κ3) is 6.13. The average Bonchev–Trinajstić information content (AvgIpc) is 3.76. The number of rotatable bonds is 11. The summed E-state index contributed by atoms with van der Waals surface area (Å²) in [6.45, 7) is -1.65. The van der Waals surface area contributed by atoms with Crippen molar-refractivity contribution in [2.75, 3.05) is 18.9 Å². The first kappa shape index (κ1) is 33.0. The van der Waals surface area contributed by atoms with Gasteiger partial charge in [-0.2, -0.15) is 4.98 Å². The van der Waals surface area contributed by atoms with Crippen LogP contribution in [0.4, 0.5) is 5.95 Å². The van der Waals surface area contributed by atoms with Crippen LogP contribution in [0.3, 0.4) is 0 Å². The van der Waals surface area contributed by atoms with Crippen LogP contribution < -0.4 is 17.0 Å². The summed E-state index contributed by atoms with van der Waals surface area (Å²) >= 11 is 0. The van der Waals surface area contributed by atoms with E-state index in [0.717, 1.165) is 28.1 Å². The second-order valence-electron chi connectivity index (χ2n) is 10.1. The molecule has 0 aromatic carbocycles. The van der Waals surface area contributed by atoms with Crippen molar-refractivity contribution >= 4 is 50.3 Å². The number of nitrogens with one attached hydrogen (secondary N) is 1. The largest absolute Gasteiger partial charge is 0.695 e. The molecule has 6 heterocycles. The minimum absolute atomic E-state index is 0.0207. The van der Waals surface area contributed by atoms with E-state index in [2.05, 4.69) is 29.9 Å². The van der Waals surface area contributed by atoms with Gasteiger partial charge in [0.25, 0.3) is 11.5 Å². The van der Waals surface area contributed by atoms with Crippen LogP contribution in [-0.2, 0) is 32.2 Å². The molecule has 26 heteroatoms. The molecule has 24 nitrogen and oxygen atoms in total. The van der Waals surface area contributed by atoms with Crippen molar-refractivity contribution in [3.8, 4) is 0 Å². The van der Waals surface area contributed by atoms with Gasteiger partial charge in [-0.15, -0.1) is 9.42 Å². The molecule has 0 saturated carbocycles. The fraction of sp³-hybridized carbons (Fsp3) is 0.476. The van der Waals surface area contributed by atoms with E-state index in [0.29, 0.717) is 0 Å². The average molecular weight is 703 g/mol. The molecule has 2 fully saturated rings. The Morgan fingerprint density at radius 1 is 1.04 bits per heavy atom. The van der Waals surface area contributed by atoms with Gasteiger partial charge < -0.3 is 41.2 Å². The molecule has 2 aliphatic rings. The molecule has 0 radical (unpaired) electrons. The van der Waals surface area contributed by atoms with Crippen LogP contribution in [0.1, 0.15) is 22.9 Å². The number of amides is 1. The molecule has 4 aromatic heterocycles. The van der Waals surface area contributed by atoms with Crippen molar-refractivity contribution in [3.05, 3.63) is 35.0 Å². The van der Waals surface area contributed by atoms with Crippen LogP contribution in [0.15, 0.2) is 23.8 Å². The number of phosphoric acid groups is 1. The molecule has 2 unspecified atom stereocenters. The molecule has 10 atom stereocenters. The number of imidazole rings is 2. The van der Waals surface area contributed by atoms with Crippen LogP contribution in [0.5, 0.6) is 0 Å². The Bertz CT molecular complexity index is 1950. The predicted molar refractivity (Wildman–Crippen MR) is 149 cm³/mol. The van der Waals surface area contributed by atoms with Crippen molar-refractivity contribution in [2.24, 2.45) is 5.73 Å². The molecule has 0 spiro atoms. The Balaban J connectivity index is 1.23. The van der Waals surface area contributed by atoms with Gasteiger partial charge in [0.05, 0.1) is 25.9 Å². The van der Waals surface area contributed by atoms with Crippen molar-refractivity contribution in [3.63, 3.8) is 0 Å². The van der Waals surface area contributed by atoms with E-state index in [1.807, 2.05) is 0 Å². The molecule has 47 heavy (non-hydrogen) atoms. The highest BCUT2D eigenvalue weighted by molar-refractivity contribution is 7.47. The highest BCUT2D eigenvalue weighted by Gasteiger charge is 2.53. The third-order valence-electron chi connectivity index (χ3n) is 7.26. The summed E-state index contributed by atoms with van der Waals surface area (Å²) in [7, 11) is -8.56. The summed E-state index contributed by atoms with van der Waals surface area (Å²) in [4.78, 5) is 66.0. The molecular formula is C21H25N10O14P2+. The number of aromatic nitrogens is 8. The Hall–Kier alpha value is -3.90. The second kappa shape index (κ2) is 12.6. The van der Waals surface area contributed by atoms with Gasteiger partial charge in [0.1, 0.15) is 42.4 Å². The minimum atomic E-state index is -5.22. The van der Waals surface area contributed by atoms with E-state index >= 15 is 0 Å². The molecule has 1 amide bonds. The lowest BCUT2D eigenvalue weighted by molar-refractivity contribution is -0.0609. The first-order valence-electron chi connectivity index (χ1n) is 13.3. The number of fused-ring (bicyclic) bond motifs is 2. The fourth-order valence-corrected chi connectivity index (χ4v) is 6.63. The van der Waals surface area contributed by atoms with Crippen molar-refractivity contribution < 1.29 is 62.1 Å². The number of carbonyl (C=O) groups excluding carboxylic acids is 1. The summed E-state index contributed by atoms with van der Waals surface area (Å²) in [6, 6.07) is 0. The van der Waals surface area contributed by atoms with Gasteiger partial charge in [-0.25, -0.2) is 24.5 Å². The lowest BCUT2D eigenvalue weighted by Gasteiger charge is -2.24. The number of hydrogen-bond acceptors (Lipinski definition) is 18. The Kier molecular flexibility index (Phi) is 8.86. The molecule has 2 saturated heterocycles. The summed E-state index contributed by atoms with van der Waals surface area (Å²) in [5.74, 6) is -1.21. The quantitative estimate of drug-likeness (QED) is 0.0708. The van der Waals surface area contributed by atoms with Crippen LogP contribution in [0.25, 0.3) is 22.3 Å². The smallest absolute Gasteiger partial charge is 0.394 e. The van der Waals surface area contributed by atoms with Gasteiger partial charge in [0.2, 0.25) is 5.95 Å². The zero-order valence-corrected chi connectivity index (χ0v) is 25.1. The Labute approximate surface area is 260 Å². The number of anilines is 1. The van der Waals surface area contributed by atoms with E-state index in [9.17, 15) is 43.8 Å². The Morgan fingerprint density at radius 2 is 1.72 bits per heavy atom.